The minimum absolute atomic E-state index is 0.0164. The Hall–Kier alpha value is -2.48. The summed E-state index contributed by atoms with van der Waals surface area (Å²) in [6, 6.07) is 12.9. The van der Waals surface area contributed by atoms with E-state index in [1.54, 1.807) is 37.5 Å². The van der Waals surface area contributed by atoms with E-state index in [9.17, 15) is 13.2 Å². The van der Waals surface area contributed by atoms with Gasteiger partial charge in [0.05, 0.1) is 23.6 Å². The molecule has 0 aliphatic carbocycles. The fraction of sp³-hybridized carbons (Fsp3) is 0.238. The molecule has 2 aromatic carbocycles. The van der Waals surface area contributed by atoms with Gasteiger partial charge in [0.1, 0.15) is 0 Å². The number of nitrogens with one attached hydrogen (secondary N) is 1. The second-order valence-electron chi connectivity index (χ2n) is 6.99. The molecular formula is C21H20ClN3O3S. The van der Waals surface area contributed by atoms with Gasteiger partial charge in [-0.05, 0) is 30.2 Å². The Morgan fingerprint density at radius 3 is 2.83 bits per heavy atom. The van der Waals surface area contributed by atoms with E-state index in [1.165, 1.54) is 4.31 Å². The Labute approximate surface area is 174 Å². The van der Waals surface area contributed by atoms with Crippen LogP contribution in [0.25, 0.3) is 10.8 Å². The van der Waals surface area contributed by atoms with Gasteiger partial charge in [-0.1, -0.05) is 41.9 Å². The van der Waals surface area contributed by atoms with Crippen LogP contribution < -0.4 is 5.32 Å². The molecule has 6 nitrogen and oxygen atoms in total. The number of hydrogen-bond acceptors (Lipinski definition) is 4. The molecule has 0 spiro atoms. The Morgan fingerprint density at radius 1 is 1.24 bits per heavy atom. The summed E-state index contributed by atoms with van der Waals surface area (Å²) in [4.78, 5) is 17.4. The van der Waals surface area contributed by atoms with Gasteiger partial charge in [0.25, 0.3) is 0 Å². The van der Waals surface area contributed by atoms with Crippen molar-refractivity contribution in [1.82, 2.24) is 9.29 Å². The predicted octanol–water partition coefficient (Wildman–Crippen LogP) is 3.78. The van der Waals surface area contributed by atoms with Crippen LogP contribution in [-0.4, -0.2) is 35.9 Å². The molecule has 1 unspecified atom stereocenters. The van der Waals surface area contributed by atoms with Gasteiger partial charge in [0.15, 0.2) is 0 Å². The number of carbonyl (C=O) groups is 1. The first-order valence-corrected chi connectivity index (χ1v) is 11.3. The monoisotopic (exact) mass is 429 g/mol. The van der Waals surface area contributed by atoms with Crippen molar-refractivity contribution in [2.45, 2.75) is 19.4 Å². The van der Waals surface area contributed by atoms with Crippen LogP contribution in [0, 0.1) is 0 Å². The smallest absolute Gasteiger partial charge is 0.233 e. The number of fused-ring (bicyclic) bond motifs is 2. The average Bonchev–Trinajstić information content (AvgIpc) is 2.73. The van der Waals surface area contributed by atoms with Crippen molar-refractivity contribution < 1.29 is 13.2 Å². The number of benzene rings is 2. The zero-order chi connectivity index (χ0) is 20.6. The van der Waals surface area contributed by atoms with Gasteiger partial charge < -0.3 is 5.32 Å². The van der Waals surface area contributed by atoms with Crippen molar-refractivity contribution in [3.8, 4) is 0 Å². The Kier molecular flexibility index (Phi) is 5.29. The number of nitrogens with zero attached hydrogens (tertiary/aromatic N) is 2. The van der Waals surface area contributed by atoms with Gasteiger partial charge in [-0.2, -0.15) is 4.31 Å². The third-order valence-corrected chi connectivity index (χ3v) is 7.25. The number of amides is 1. The summed E-state index contributed by atoms with van der Waals surface area (Å²) in [5, 5.41) is 5.23. The number of anilines is 1. The van der Waals surface area contributed by atoms with E-state index in [0.29, 0.717) is 10.7 Å². The summed E-state index contributed by atoms with van der Waals surface area (Å²) in [7, 11) is -3.44. The lowest BCUT2D eigenvalue weighted by atomic mass is 9.90. The number of carbonyl (C=O) groups excluding carboxylic acids is 1. The highest BCUT2D eigenvalue weighted by atomic mass is 35.5. The molecule has 29 heavy (non-hydrogen) atoms. The SMILES string of the molecule is CCS(=O)(=O)N1Cc2ccc(Cl)cc2C(C(=O)Nc2cncc3ccccc23)C1. The van der Waals surface area contributed by atoms with Crippen LogP contribution >= 0.6 is 11.6 Å². The van der Waals surface area contributed by atoms with E-state index in [-0.39, 0.29) is 24.7 Å². The normalized spacial score (nSPS) is 17.1. The second kappa shape index (κ2) is 7.74. The first-order valence-electron chi connectivity index (χ1n) is 9.29. The minimum Gasteiger partial charge on any atom is -0.324 e. The molecule has 150 valence electrons. The van der Waals surface area contributed by atoms with E-state index in [1.807, 2.05) is 24.3 Å². The number of sulfonamides is 1. The van der Waals surface area contributed by atoms with E-state index in [4.69, 9.17) is 11.6 Å². The number of rotatable bonds is 4. The molecule has 1 atom stereocenters. The molecule has 0 saturated carbocycles. The molecule has 1 aliphatic heterocycles. The lowest BCUT2D eigenvalue weighted by Gasteiger charge is -2.33. The third kappa shape index (κ3) is 3.85. The largest absolute Gasteiger partial charge is 0.324 e. The highest BCUT2D eigenvalue weighted by molar-refractivity contribution is 7.89. The van der Waals surface area contributed by atoms with E-state index < -0.39 is 15.9 Å². The van der Waals surface area contributed by atoms with Crippen LogP contribution in [0.2, 0.25) is 5.02 Å². The minimum atomic E-state index is -3.44. The van der Waals surface area contributed by atoms with Crippen molar-refractivity contribution in [2.24, 2.45) is 0 Å². The van der Waals surface area contributed by atoms with Crippen LogP contribution in [0.15, 0.2) is 54.9 Å². The summed E-state index contributed by atoms with van der Waals surface area (Å²) in [5.41, 5.74) is 2.13. The lowest BCUT2D eigenvalue weighted by molar-refractivity contribution is -0.118. The van der Waals surface area contributed by atoms with Crippen LogP contribution in [-0.2, 0) is 21.4 Å². The van der Waals surface area contributed by atoms with Crippen molar-refractivity contribution >= 4 is 44.0 Å². The van der Waals surface area contributed by atoms with Gasteiger partial charge >= 0.3 is 0 Å². The molecule has 0 fully saturated rings. The first-order chi connectivity index (χ1) is 13.9. The van der Waals surface area contributed by atoms with Crippen molar-refractivity contribution in [2.75, 3.05) is 17.6 Å². The molecule has 0 bridgehead atoms. The maximum absolute atomic E-state index is 13.2. The van der Waals surface area contributed by atoms with Gasteiger partial charge in [-0.3, -0.25) is 9.78 Å². The molecule has 1 aromatic heterocycles. The molecule has 8 heteroatoms. The van der Waals surface area contributed by atoms with Gasteiger partial charge in [0, 0.05) is 35.1 Å². The molecule has 1 amide bonds. The zero-order valence-corrected chi connectivity index (χ0v) is 17.4. The predicted molar refractivity (Wildman–Crippen MR) is 114 cm³/mol. The van der Waals surface area contributed by atoms with Crippen molar-refractivity contribution in [1.29, 1.82) is 0 Å². The number of halogens is 1. The Balaban J connectivity index is 1.72. The van der Waals surface area contributed by atoms with Crippen LogP contribution in [0.3, 0.4) is 0 Å². The number of aromatic nitrogens is 1. The highest BCUT2D eigenvalue weighted by Crippen LogP contribution is 2.33. The summed E-state index contributed by atoms with van der Waals surface area (Å²) >= 11 is 6.16. The quantitative estimate of drug-likeness (QED) is 0.684. The summed E-state index contributed by atoms with van der Waals surface area (Å²) < 4.78 is 26.4. The molecule has 2 heterocycles. The number of hydrogen-bond donors (Lipinski definition) is 1. The van der Waals surface area contributed by atoms with Crippen molar-refractivity contribution in [3.63, 3.8) is 0 Å². The van der Waals surface area contributed by atoms with Crippen LogP contribution in [0.1, 0.15) is 24.0 Å². The van der Waals surface area contributed by atoms with Gasteiger partial charge in [-0.25, -0.2) is 8.42 Å². The van der Waals surface area contributed by atoms with Gasteiger partial charge in [-0.15, -0.1) is 0 Å². The maximum Gasteiger partial charge on any atom is 0.233 e. The molecular weight excluding hydrogens is 410 g/mol. The highest BCUT2D eigenvalue weighted by Gasteiger charge is 2.35. The van der Waals surface area contributed by atoms with Crippen LogP contribution in [0.4, 0.5) is 5.69 Å². The summed E-state index contributed by atoms with van der Waals surface area (Å²) in [6.45, 7) is 1.92. The lowest BCUT2D eigenvalue weighted by Crippen LogP contribution is -2.42. The first kappa shape index (κ1) is 19.8. The summed E-state index contributed by atoms with van der Waals surface area (Å²) in [6.07, 6.45) is 3.33. The molecule has 0 radical (unpaired) electrons. The van der Waals surface area contributed by atoms with Crippen molar-refractivity contribution in [3.05, 3.63) is 71.0 Å². The van der Waals surface area contributed by atoms with Crippen LogP contribution in [0.5, 0.6) is 0 Å². The zero-order valence-electron chi connectivity index (χ0n) is 15.8. The van der Waals surface area contributed by atoms with E-state index >= 15 is 0 Å². The molecule has 0 saturated heterocycles. The molecule has 1 N–H and O–H groups in total. The standard InChI is InChI=1S/C21H20ClN3O3S/c1-2-29(27,28)25-12-15-7-8-16(22)9-18(15)19(13-25)21(26)24-20-11-23-10-14-5-3-4-6-17(14)20/h3-11,19H,2,12-13H2,1H3,(H,24,26). The van der Waals surface area contributed by atoms with E-state index in [0.717, 1.165) is 21.9 Å². The van der Waals surface area contributed by atoms with E-state index in [2.05, 4.69) is 10.3 Å². The Bertz CT molecular complexity index is 1190. The second-order valence-corrected chi connectivity index (χ2v) is 9.68. The summed E-state index contributed by atoms with van der Waals surface area (Å²) in [5.74, 6) is -0.974. The van der Waals surface area contributed by atoms with Gasteiger partial charge in [0.2, 0.25) is 15.9 Å². The molecule has 4 rings (SSSR count). The number of pyridine rings is 1. The topological polar surface area (TPSA) is 79.4 Å². The Morgan fingerprint density at radius 2 is 2.03 bits per heavy atom. The molecule has 3 aromatic rings. The fourth-order valence-corrected chi connectivity index (χ4v) is 4.90. The molecule has 1 aliphatic rings. The average molecular weight is 430 g/mol. The third-order valence-electron chi connectivity index (χ3n) is 5.22. The fourth-order valence-electron chi connectivity index (χ4n) is 3.65. The maximum atomic E-state index is 13.2.